The van der Waals surface area contributed by atoms with Gasteiger partial charge in [-0.15, -0.1) is 23.7 Å². The number of piperazine rings is 1. The Labute approximate surface area is 246 Å². The Morgan fingerprint density at radius 3 is 2.73 bits per heavy atom. The van der Waals surface area contributed by atoms with Crippen molar-refractivity contribution in [1.82, 2.24) is 14.5 Å². The van der Waals surface area contributed by atoms with Gasteiger partial charge in [0.1, 0.15) is 18.0 Å². The number of nitrogens with zero attached hydrogens (tertiary/aromatic N) is 5. The SMILES string of the molecule is COc1cccc(N2C[C@H](Cc3cccs3)N(C(=O)c3cnc4n3[C@H](c3ccc(C#N)cc3)CS4)CC2=O)c1.Cl. The number of thioether (sulfide) groups is 1. The molecule has 8 nitrogen and oxygen atoms in total. The second-order valence-electron chi connectivity index (χ2n) is 9.43. The average molecular weight is 592 g/mol. The van der Waals surface area contributed by atoms with Crippen molar-refractivity contribution >= 4 is 53.0 Å². The van der Waals surface area contributed by atoms with Gasteiger partial charge in [-0.05, 0) is 41.3 Å². The topological polar surface area (TPSA) is 91.5 Å². The van der Waals surface area contributed by atoms with Crippen LogP contribution in [0.4, 0.5) is 5.69 Å². The quantitative estimate of drug-likeness (QED) is 0.312. The van der Waals surface area contributed by atoms with E-state index >= 15 is 0 Å². The van der Waals surface area contributed by atoms with E-state index in [1.165, 1.54) is 0 Å². The summed E-state index contributed by atoms with van der Waals surface area (Å²) in [5.74, 6) is 1.08. The van der Waals surface area contributed by atoms with E-state index in [-0.39, 0.29) is 42.8 Å². The van der Waals surface area contributed by atoms with Crippen molar-refractivity contribution in [2.24, 2.45) is 0 Å². The van der Waals surface area contributed by atoms with Crippen LogP contribution in [-0.2, 0) is 11.2 Å². The molecule has 2 aromatic carbocycles. The Kier molecular flexibility index (Phi) is 8.17. The van der Waals surface area contributed by atoms with Crippen LogP contribution in [0.5, 0.6) is 5.75 Å². The normalized spacial score (nSPS) is 18.1. The van der Waals surface area contributed by atoms with Crippen LogP contribution in [0.1, 0.15) is 32.5 Å². The molecule has 2 aliphatic rings. The Balaban J connectivity index is 0.00000323. The van der Waals surface area contributed by atoms with E-state index in [1.54, 1.807) is 58.3 Å². The Morgan fingerprint density at radius 2 is 2.00 bits per heavy atom. The van der Waals surface area contributed by atoms with Gasteiger partial charge in [-0.1, -0.05) is 36.0 Å². The third-order valence-electron chi connectivity index (χ3n) is 7.17. The Hall–Kier alpha value is -3.78. The van der Waals surface area contributed by atoms with Crippen LogP contribution < -0.4 is 9.64 Å². The lowest BCUT2D eigenvalue weighted by atomic mass is 10.0. The van der Waals surface area contributed by atoms with Crippen LogP contribution in [0, 0.1) is 11.3 Å². The number of thiophene rings is 1. The van der Waals surface area contributed by atoms with E-state index in [2.05, 4.69) is 17.1 Å². The van der Waals surface area contributed by atoms with Gasteiger partial charge < -0.3 is 19.1 Å². The number of amides is 2. The second kappa shape index (κ2) is 11.8. The minimum absolute atomic E-state index is 0. The molecule has 4 aromatic rings. The highest BCUT2D eigenvalue weighted by Crippen LogP contribution is 2.38. The number of rotatable bonds is 6. The van der Waals surface area contributed by atoms with Crippen LogP contribution in [0.25, 0.3) is 0 Å². The number of halogens is 1. The molecule has 2 amide bonds. The number of methoxy groups -OCH3 is 1. The van der Waals surface area contributed by atoms with E-state index < -0.39 is 0 Å². The number of benzene rings is 2. The first kappa shape index (κ1) is 27.8. The van der Waals surface area contributed by atoms with Gasteiger partial charge in [-0.2, -0.15) is 5.26 Å². The molecule has 0 radical (unpaired) electrons. The minimum Gasteiger partial charge on any atom is -0.497 e. The number of carbonyl (C=O) groups excluding carboxylic acids is 2. The van der Waals surface area contributed by atoms with Crippen LogP contribution in [0.2, 0.25) is 0 Å². The van der Waals surface area contributed by atoms with E-state index in [0.29, 0.717) is 30.0 Å². The molecular formula is C29H26ClN5O3S2. The van der Waals surface area contributed by atoms with E-state index in [0.717, 1.165) is 27.0 Å². The molecule has 0 saturated carbocycles. The first-order valence-corrected chi connectivity index (χ1v) is 14.4. The molecular weight excluding hydrogens is 566 g/mol. The molecule has 11 heteroatoms. The fraction of sp³-hybridized carbons (Fsp3) is 0.241. The maximum absolute atomic E-state index is 14.2. The van der Waals surface area contributed by atoms with Gasteiger partial charge in [0, 0.05) is 35.3 Å². The van der Waals surface area contributed by atoms with E-state index in [4.69, 9.17) is 4.74 Å². The zero-order valence-corrected chi connectivity index (χ0v) is 24.0. The number of carbonyl (C=O) groups is 2. The fourth-order valence-corrected chi connectivity index (χ4v) is 7.10. The van der Waals surface area contributed by atoms with Gasteiger partial charge in [-0.25, -0.2) is 4.98 Å². The first-order chi connectivity index (χ1) is 19.1. The van der Waals surface area contributed by atoms with Crippen molar-refractivity contribution in [3.63, 3.8) is 0 Å². The number of imidazole rings is 1. The van der Waals surface area contributed by atoms with Gasteiger partial charge in [0.05, 0.1) is 37.0 Å². The molecule has 0 N–H and O–H groups in total. The number of hydrogen-bond donors (Lipinski definition) is 0. The second-order valence-corrected chi connectivity index (χ2v) is 11.5. The third-order valence-corrected chi connectivity index (χ3v) is 9.11. The number of hydrogen-bond acceptors (Lipinski definition) is 7. The van der Waals surface area contributed by atoms with Crippen molar-refractivity contribution in [3.05, 3.63) is 93.9 Å². The van der Waals surface area contributed by atoms with Gasteiger partial charge in [-0.3, -0.25) is 9.59 Å². The van der Waals surface area contributed by atoms with E-state index in [1.807, 2.05) is 52.4 Å². The summed E-state index contributed by atoms with van der Waals surface area (Å²) >= 11 is 3.25. The molecule has 204 valence electrons. The molecule has 1 saturated heterocycles. The van der Waals surface area contributed by atoms with Crippen molar-refractivity contribution in [1.29, 1.82) is 5.26 Å². The standard InChI is InChI=1S/C29H25N5O3S2.ClH/c1-37-23-5-2-4-21(12-23)32-16-22(13-24-6-3-11-38-24)33(17-27(32)35)28(36)25-15-31-29-34(25)26(18-39-29)20-9-7-19(14-30)8-10-20;/h2-12,15,22,26H,13,16-18H2,1H3;1H/t22-,26-;/m0./s1. The lowest BCUT2D eigenvalue weighted by Gasteiger charge is -2.41. The summed E-state index contributed by atoms with van der Waals surface area (Å²) in [5, 5.41) is 12.0. The fourth-order valence-electron chi connectivity index (χ4n) is 5.18. The number of nitriles is 1. The van der Waals surface area contributed by atoms with Crippen LogP contribution in [0.15, 0.2) is 77.4 Å². The third kappa shape index (κ3) is 5.20. The Bertz CT molecular complexity index is 1570. The molecule has 0 unspecified atom stereocenters. The highest BCUT2D eigenvalue weighted by atomic mass is 35.5. The van der Waals surface area contributed by atoms with Gasteiger partial charge >= 0.3 is 0 Å². The van der Waals surface area contributed by atoms with Crippen molar-refractivity contribution < 1.29 is 14.3 Å². The summed E-state index contributed by atoms with van der Waals surface area (Å²) in [6.07, 6.45) is 2.27. The molecule has 40 heavy (non-hydrogen) atoms. The van der Waals surface area contributed by atoms with E-state index in [9.17, 15) is 14.9 Å². The van der Waals surface area contributed by atoms with Crippen LogP contribution in [0.3, 0.4) is 0 Å². The van der Waals surface area contributed by atoms with Gasteiger partial charge in [0.25, 0.3) is 5.91 Å². The molecule has 2 atom stereocenters. The highest BCUT2D eigenvalue weighted by Gasteiger charge is 2.39. The molecule has 0 aliphatic carbocycles. The van der Waals surface area contributed by atoms with Gasteiger partial charge in [0.15, 0.2) is 5.16 Å². The molecule has 4 heterocycles. The zero-order chi connectivity index (χ0) is 26.9. The zero-order valence-electron chi connectivity index (χ0n) is 21.6. The maximum atomic E-state index is 14.2. The molecule has 2 aromatic heterocycles. The maximum Gasteiger partial charge on any atom is 0.272 e. The van der Waals surface area contributed by atoms with Crippen LogP contribution >= 0.6 is 35.5 Å². The van der Waals surface area contributed by atoms with Crippen molar-refractivity contribution in [2.45, 2.75) is 23.7 Å². The number of fused-ring (bicyclic) bond motifs is 1. The highest BCUT2D eigenvalue weighted by molar-refractivity contribution is 7.99. The van der Waals surface area contributed by atoms with Crippen molar-refractivity contribution in [2.75, 3.05) is 30.9 Å². The average Bonchev–Trinajstić information content (AvgIpc) is 3.72. The number of ether oxygens (including phenoxy) is 1. The summed E-state index contributed by atoms with van der Waals surface area (Å²) in [7, 11) is 1.60. The molecule has 2 aliphatic heterocycles. The largest absolute Gasteiger partial charge is 0.497 e. The lowest BCUT2D eigenvalue weighted by Crippen LogP contribution is -2.59. The van der Waals surface area contributed by atoms with Crippen LogP contribution in [-0.4, -0.2) is 58.3 Å². The summed E-state index contributed by atoms with van der Waals surface area (Å²) in [4.78, 5) is 36.8. The predicted molar refractivity (Wildman–Crippen MR) is 158 cm³/mol. The monoisotopic (exact) mass is 591 g/mol. The minimum atomic E-state index is -0.214. The summed E-state index contributed by atoms with van der Waals surface area (Å²) in [6, 6.07) is 20.8. The first-order valence-electron chi connectivity index (χ1n) is 12.5. The molecule has 6 rings (SSSR count). The van der Waals surface area contributed by atoms with Crippen molar-refractivity contribution in [3.8, 4) is 11.8 Å². The molecule has 1 fully saturated rings. The lowest BCUT2D eigenvalue weighted by molar-refractivity contribution is -0.121. The Morgan fingerprint density at radius 1 is 1.18 bits per heavy atom. The predicted octanol–water partition coefficient (Wildman–Crippen LogP) is 5.04. The smallest absolute Gasteiger partial charge is 0.272 e. The summed E-state index contributed by atoms with van der Waals surface area (Å²) in [6.45, 7) is 0.353. The molecule has 0 spiro atoms. The summed E-state index contributed by atoms with van der Waals surface area (Å²) < 4.78 is 7.36. The number of aromatic nitrogens is 2. The number of anilines is 1. The van der Waals surface area contributed by atoms with Gasteiger partial charge in [0.2, 0.25) is 5.91 Å². The molecule has 0 bridgehead atoms. The summed E-state index contributed by atoms with van der Waals surface area (Å²) in [5.41, 5.74) is 2.84.